The molecule has 0 atom stereocenters. The Kier molecular flexibility index (Phi) is 4.91. The molecule has 0 saturated carbocycles. The van der Waals surface area contributed by atoms with E-state index in [1.54, 1.807) is 15.9 Å². The minimum Gasteiger partial charge on any atom is -0.325 e. The van der Waals surface area contributed by atoms with Crippen LogP contribution in [0, 0.1) is 13.8 Å². The molecule has 1 amide bonds. The smallest absolute Gasteiger partial charge is 0.234 e. The third kappa shape index (κ3) is 3.86. The van der Waals surface area contributed by atoms with Crippen LogP contribution in [0.1, 0.15) is 11.1 Å². The summed E-state index contributed by atoms with van der Waals surface area (Å²) in [7, 11) is 0. The molecule has 0 saturated heterocycles. The van der Waals surface area contributed by atoms with Gasteiger partial charge in [0.2, 0.25) is 5.91 Å². The summed E-state index contributed by atoms with van der Waals surface area (Å²) in [6, 6.07) is 13.7. The summed E-state index contributed by atoms with van der Waals surface area (Å²) < 4.78 is 1.72. The number of nitrogens with one attached hydrogen (secondary N) is 1. The summed E-state index contributed by atoms with van der Waals surface area (Å²) in [6.07, 6.45) is 0. The highest BCUT2D eigenvalue weighted by atomic mass is 32.2. The average molecular weight is 396 g/mol. The Balaban J connectivity index is 1.48. The first-order chi connectivity index (χ1) is 13.1. The van der Waals surface area contributed by atoms with Crippen molar-refractivity contribution in [3.8, 4) is 10.7 Å². The lowest BCUT2D eigenvalue weighted by molar-refractivity contribution is -0.113. The number of hydrogen-bond donors (Lipinski definition) is 1. The van der Waals surface area contributed by atoms with Crippen LogP contribution in [0.2, 0.25) is 0 Å². The number of thioether (sulfide) groups is 1. The lowest BCUT2D eigenvalue weighted by Gasteiger charge is -2.09. The maximum absolute atomic E-state index is 12.3. The van der Waals surface area contributed by atoms with Crippen molar-refractivity contribution in [1.29, 1.82) is 0 Å². The van der Waals surface area contributed by atoms with Crippen molar-refractivity contribution >= 4 is 40.3 Å². The third-order valence-electron chi connectivity index (χ3n) is 4.00. The fourth-order valence-corrected chi connectivity index (χ4v) is 3.95. The van der Waals surface area contributed by atoms with Gasteiger partial charge in [0.25, 0.3) is 0 Å². The second-order valence-corrected chi connectivity index (χ2v) is 8.04. The van der Waals surface area contributed by atoms with E-state index in [-0.39, 0.29) is 11.7 Å². The number of amides is 1. The Morgan fingerprint density at radius 2 is 2.07 bits per heavy atom. The highest BCUT2D eigenvalue weighted by Crippen LogP contribution is 2.24. The molecule has 0 spiro atoms. The van der Waals surface area contributed by atoms with Crippen molar-refractivity contribution in [3.05, 3.63) is 59.0 Å². The molecule has 0 aliphatic heterocycles. The molecule has 4 aromatic rings. The molecule has 0 radical (unpaired) electrons. The van der Waals surface area contributed by atoms with Crippen molar-refractivity contribution in [2.45, 2.75) is 18.9 Å². The van der Waals surface area contributed by atoms with E-state index in [2.05, 4.69) is 20.6 Å². The summed E-state index contributed by atoms with van der Waals surface area (Å²) in [5, 5.41) is 18.7. The molecule has 27 heavy (non-hydrogen) atoms. The van der Waals surface area contributed by atoms with Crippen LogP contribution in [0.4, 0.5) is 5.69 Å². The Morgan fingerprint density at radius 1 is 1.19 bits per heavy atom. The van der Waals surface area contributed by atoms with Gasteiger partial charge in [0.15, 0.2) is 11.5 Å². The van der Waals surface area contributed by atoms with Gasteiger partial charge in [-0.2, -0.15) is 9.61 Å². The summed E-state index contributed by atoms with van der Waals surface area (Å²) in [4.78, 5) is 13.3. The van der Waals surface area contributed by atoms with Crippen LogP contribution in [-0.4, -0.2) is 31.5 Å². The predicted octanol–water partition coefficient (Wildman–Crippen LogP) is 4.20. The van der Waals surface area contributed by atoms with E-state index >= 15 is 0 Å². The molecule has 0 aliphatic carbocycles. The molecule has 0 fully saturated rings. The summed E-state index contributed by atoms with van der Waals surface area (Å²) >= 11 is 2.97. The number of hydrogen-bond acceptors (Lipinski definition) is 6. The number of carbonyl (C=O) groups is 1. The van der Waals surface area contributed by atoms with Crippen molar-refractivity contribution in [2.24, 2.45) is 0 Å². The van der Waals surface area contributed by atoms with Crippen molar-refractivity contribution < 1.29 is 4.79 Å². The molecule has 1 N–H and O–H groups in total. The van der Waals surface area contributed by atoms with Gasteiger partial charge in [0.1, 0.15) is 5.03 Å². The monoisotopic (exact) mass is 395 g/mol. The number of benzene rings is 1. The van der Waals surface area contributed by atoms with Gasteiger partial charge < -0.3 is 5.32 Å². The quantitative estimate of drug-likeness (QED) is 0.513. The summed E-state index contributed by atoms with van der Waals surface area (Å²) in [5.41, 5.74) is 3.69. The van der Waals surface area contributed by atoms with E-state index in [0.29, 0.717) is 11.5 Å². The van der Waals surface area contributed by atoms with E-state index in [9.17, 15) is 4.79 Å². The van der Waals surface area contributed by atoms with E-state index in [1.165, 1.54) is 11.8 Å². The second kappa shape index (κ2) is 7.50. The van der Waals surface area contributed by atoms with Crippen LogP contribution < -0.4 is 5.32 Å². The van der Waals surface area contributed by atoms with Crippen molar-refractivity contribution in [3.63, 3.8) is 0 Å². The van der Waals surface area contributed by atoms with Gasteiger partial charge in [-0.25, -0.2) is 0 Å². The minimum atomic E-state index is -0.0576. The molecular formula is C19H17N5OS2. The first-order valence-electron chi connectivity index (χ1n) is 8.36. The van der Waals surface area contributed by atoms with Crippen LogP contribution in [0.5, 0.6) is 0 Å². The number of anilines is 1. The summed E-state index contributed by atoms with van der Waals surface area (Å²) in [6.45, 7) is 3.99. The van der Waals surface area contributed by atoms with Gasteiger partial charge in [-0.05, 0) is 54.6 Å². The van der Waals surface area contributed by atoms with E-state index in [0.717, 1.165) is 26.7 Å². The van der Waals surface area contributed by atoms with Crippen molar-refractivity contribution in [1.82, 2.24) is 19.8 Å². The molecule has 136 valence electrons. The standard InChI is InChI=1S/C19H17N5OS2/c1-12-5-6-13(2)14(10-12)20-17(25)11-27-18-8-7-16-21-22-19(24(16)23-18)15-4-3-9-26-15/h3-10H,11H2,1-2H3,(H,20,25). The maximum Gasteiger partial charge on any atom is 0.234 e. The number of rotatable bonds is 5. The molecule has 0 aliphatic rings. The van der Waals surface area contributed by atoms with Gasteiger partial charge in [-0.3, -0.25) is 4.79 Å². The van der Waals surface area contributed by atoms with Crippen LogP contribution in [0.15, 0.2) is 52.9 Å². The second-order valence-electron chi connectivity index (χ2n) is 6.10. The van der Waals surface area contributed by atoms with Gasteiger partial charge in [-0.15, -0.1) is 21.5 Å². The molecule has 0 bridgehead atoms. The lowest BCUT2D eigenvalue weighted by atomic mass is 10.1. The molecule has 6 nitrogen and oxygen atoms in total. The zero-order valence-electron chi connectivity index (χ0n) is 14.8. The van der Waals surface area contributed by atoms with E-state index in [4.69, 9.17) is 0 Å². The SMILES string of the molecule is Cc1ccc(C)c(NC(=O)CSc2ccc3nnc(-c4cccs4)n3n2)c1. The fourth-order valence-electron chi connectivity index (χ4n) is 2.60. The van der Waals surface area contributed by atoms with Crippen molar-refractivity contribution in [2.75, 3.05) is 11.1 Å². The first-order valence-corrected chi connectivity index (χ1v) is 10.2. The van der Waals surface area contributed by atoms with Crippen LogP contribution in [0.25, 0.3) is 16.3 Å². The van der Waals surface area contributed by atoms with Gasteiger partial charge >= 0.3 is 0 Å². The molecule has 3 aromatic heterocycles. The predicted molar refractivity (Wildman–Crippen MR) is 109 cm³/mol. The number of nitrogens with zero attached hydrogens (tertiary/aromatic N) is 4. The average Bonchev–Trinajstić information content (AvgIpc) is 3.32. The molecule has 0 unspecified atom stereocenters. The molecule has 1 aromatic carbocycles. The third-order valence-corrected chi connectivity index (χ3v) is 5.78. The Hall–Kier alpha value is -2.71. The molecule has 4 rings (SSSR count). The zero-order valence-corrected chi connectivity index (χ0v) is 16.5. The van der Waals surface area contributed by atoms with Gasteiger partial charge in [0.05, 0.1) is 10.6 Å². The molecule has 3 heterocycles. The maximum atomic E-state index is 12.3. The Morgan fingerprint density at radius 3 is 2.89 bits per heavy atom. The Labute approximate surface area is 164 Å². The number of fused-ring (bicyclic) bond motifs is 1. The largest absolute Gasteiger partial charge is 0.325 e. The lowest BCUT2D eigenvalue weighted by Crippen LogP contribution is -2.15. The number of aromatic nitrogens is 4. The van der Waals surface area contributed by atoms with Crippen LogP contribution in [-0.2, 0) is 4.79 Å². The molecule has 8 heteroatoms. The van der Waals surface area contributed by atoms with Crippen LogP contribution >= 0.6 is 23.1 Å². The highest BCUT2D eigenvalue weighted by molar-refractivity contribution is 7.99. The topological polar surface area (TPSA) is 72.2 Å². The number of carbonyl (C=O) groups excluding carboxylic acids is 1. The summed E-state index contributed by atoms with van der Waals surface area (Å²) in [5.74, 6) is 0.933. The Bertz CT molecular complexity index is 1100. The zero-order chi connectivity index (χ0) is 18.8. The number of thiophene rings is 1. The van der Waals surface area contributed by atoms with E-state index in [1.807, 2.05) is 61.7 Å². The normalized spacial score (nSPS) is 11.0. The highest BCUT2D eigenvalue weighted by Gasteiger charge is 2.12. The first kappa shape index (κ1) is 17.7. The minimum absolute atomic E-state index is 0.0576. The van der Waals surface area contributed by atoms with E-state index < -0.39 is 0 Å². The molecular weight excluding hydrogens is 378 g/mol. The van der Waals surface area contributed by atoms with Gasteiger partial charge in [0, 0.05) is 5.69 Å². The number of aryl methyl sites for hydroxylation is 2. The fraction of sp³-hybridized carbons (Fsp3) is 0.158. The van der Waals surface area contributed by atoms with Gasteiger partial charge in [-0.1, -0.05) is 30.0 Å². The van der Waals surface area contributed by atoms with Crippen LogP contribution in [0.3, 0.4) is 0 Å².